The standard InChI is InChI=1S/C24H17F6N5O3S/c1-38-22(37)34-21-32-18-7-6-17(11-19(18)33-21)39-16-4-2-14(3-5-16)35(20(31)36)15-9-12(23(25,26)27)8-13(10-15)24(28,29)30/h2-11H,1H3,(H2,31,36)(H2,32,33,34,37). The number of rotatable bonds is 5. The minimum Gasteiger partial charge on any atom is -0.453 e. The number of imidazole rings is 1. The molecule has 3 aromatic carbocycles. The Kier molecular flexibility index (Phi) is 7.37. The summed E-state index contributed by atoms with van der Waals surface area (Å²) in [5.41, 5.74) is 2.63. The van der Waals surface area contributed by atoms with Crippen molar-refractivity contribution in [2.45, 2.75) is 22.1 Å². The number of carbonyl (C=O) groups is 2. The molecule has 8 nitrogen and oxygen atoms in total. The smallest absolute Gasteiger partial charge is 0.416 e. The fourth-order valence-corrected chi connectivity index (χ4v) is 4.38. The molecule has 0 fully saturated rings. The normalized spacial score (nSPS) is 11.9. The molecule has 3 amide bonds. The first-order chi connectivity index (χ1) is 18.2. The van der Waals surface area contributed by atoms with Crippen LogP contribution in [-0.4, -0.2) is 29.2 Å². The number of aromatic amines is 1. The largest absolute Gasteiger partial charge is 0.453 e. The van der Waals surface area contributed by atoms with Gasteiger partial charge in [-0.3, -0.25) is 10.2 Å². The van der Waals surface area contributed by atoms with Gasteiger partial charge in [-0.2, -0.15) is 26.3 Å². The van der Waals surface area contributed by atoms with E-state index in [4.69, 9.17) is 5.73 Å². The molecule has 39 heavy (non-hydrogen) atoms. The van der Waals surface area contributed by atoms with E-state index in [1.165, 1.54) is 43.1 Å². The number of aromatic nitrogens is 2. The molecule has 0 aliphatic rings. The summed E-state index contributed by atoms with van der Waals surface area (Å²) in [6.45, 7) is 0. The number of hydrogen-bond donors (Lipinski definition) is 3. The average Bonchev–Trinajstić information content (AvgIpc) is 3.25. The number of fused-ring (bicyclic) bond motifs is 1. The fraction of sp³-hybridized carbons (Fsp3) is 0.125. The zero-order valence-electron chi connectivity index (χ0n) is 19.6. The van der Waals surface area contributed by atoms with E-state index < -0.39 is 41.3 Å². The van der Waals surface area contributed by atoms with Crippen LogP contribution in [0.15, 0.2) is 70.5 Å². The molecular weight excluding hydrogens is 552 g/mol. The molecule has 0 aliphatic heterocycles. The van der Waals surface area contributed by atoms with Gasteiger partial charge >= 0.3 is 24.5 Å². The van der Waals surface area contributed by atoms with Gasteiger partial charge < -0.3 is 15.5 Å². The van der Waals surface area contributed by atoms with Crippen LogP contribution in [0, 0.1) is 0 Å². The van der Waals surface area contributed by atoms with E-state index >= 15 is 0 Å². The third-order valence-electron chi connectivity index (χ3n) is 5.24. The van der Waals surface area contributed by atoms with Crippen molar-refractivity contribution in [1.29, 1.82) is 0 Å². The molecule has 0 saturated carbocycles. The first kappa shape index (κ1) is 27.6. The highest BCUT2D eigenvalue weighted by molar-refractivity contribution is 7.99. The predicted molar refractivity (Wildman–Crippen MR) is 131 cm³/mol. The number of ether oxygens (including phenoxy) is 1. The van der Waals surface area contributed by atoms with E-state index in [1.807, 2.05) is 0 Å². The monoisotopic (exact) mass is 569 g/mol. The molecule has 1 aromatic heterocycles. The number of primary amides is 1. The third kappa shape index (κ3) is 6.37. The molecule has 4 N–H and O–H groups in total. The highest BCUT2D eigenvalue weighted by atomic mass is 32.2. The summed E-state index contributed by atoms with van der Waals surface area (Å²) in [7, 11) is 1.21. The van der Waals surface area contributed by atoms with Crippen LogP contribution in [-0.2, 0) is 17.1 Å². The Bertz CT molecular complexity index is 1500. The van der Waals surface area contributed by atoms with Gasteiger partial charge in [-0.05, 0) is 60.7 Å². The number of nitrogens with two attached hydrogens (primary N) is 1. The minimum absolute atomic E-state index is 0.0347. The van der Waals surface area contributed by atoms with E-state index in [0.717, 1.165) is 4.90 Å². The third-order valence-corrected chi connectivity index (χ3v) is 6.24. The van der Waals surface area contributed by atoms with E-state index in [-0.39, 0.29) is 17.7 Å². The minimum atomic E-state index is -5.09. The van der Waals surface area contributed by atoms with Gasteiger partial charge in [0.25, 0.3) is 0 Å². The summed E-state index contributed by atoms with van der Waals surface area (Å²) in [6, 6.07) is 10.5. The molecule has 0 unspecified atom stereocenters. The van der Waals surface area contributed by atoms with Gasteiger partial charge in [0.05, 0.1) is 40.6 Å². The summed E-state index contributed by atoms with van der Waals surface area (Å²) in [6.07, 6.45) is -10.9. The van der Waals surface area contributed by atoms with E-state index in [2.05, 4.69) is 20.0 Å². The zero-order valence-corrected chi connectivity index (χ0v) is 20.5. The van der Waals surface area contributed by atoms with Gasteiger partial charge in [-0.15, -0.1) is 0 Å². The number of nitrogens with zero attached hydrogens (tertiary/aromatic N) is 2. The lowest BCUT2D eigenvalue weighted by Crippen LogP contribution is -2.32. The second-order valence-corrected chi connectivity index (χ2v) is 9.06. The second-order valence-electron chi connectivity index (χ2n) is 7.91. The van der Waals surface area contributed by atoms with Gasteiger partial charge in [0, 0.05) is 9.79 Å². The Morgan fingerprint density at radius 3 is 2.03 bits per heavy atom. The van der Waals surface area contributed by atoms with Crippen LogP contribution in [0.4, 0.5) is 53.3 Å². The van der Waals surface area contributed by atoms with Gasteiger partial charge in [0.2, 0.25) is 5.95 Å². The number of urea groups is 1. The summed E-state index contributed by atoms with van der Waals surface area (Å²) < 4.78 is 84.3. The molecule has 204 valence electrons. The van der Waals surface area contributed by atoms with Gasteiger partial charge in [0.1, 0.15) is 0 Å². The number of H-pyrrole nitrogens is 1. The summed E-state index contributed by atoms with van der Waals surface area (Å²) in [5, 5.41) is 2.41. The first-order valence-corrected chi connectivity index (χ1v) is 11.6. The van der Waals surface area contributed by atoms with Gasteiger partial charge in [-0.1, -0.05) is 11.8 Å². The number of hydrogen-bond acceptors (Lipinski definition) is 5. The molecule has 0 spiro atoms. The van der Waals surface area contributed by atoms with Crippen molar-refractivity contribution in [3.05, 3.63) is 71.8 Å². The summed E-state index contributed by atoms with van der Waals surface area (Å²) >= 11 is 1.27. The lowest BCUT2D eigenvalue weighted by molar-refractivity contribution is -0.143. The van der Waals surface area contributed by atoms with Crippen molar-refractivity contribution < 1.29 is 40.7 Å². The lowest BCUT2D eigenvalue weighted by atomic mass is 10.1. The molecular formula is C24H17F6N5O3S. The zero-order chi connectivity index (χ0) is 28.5. The van der Waals surface area contributed by atoms with Crippen molar-refractivity contribution in [2.75, 3.05) is 17.3 Å². The SMILES string of the molecule is COC(=O)Nc1nc2cc(Sc3ccc(N(C(N)=O)c4cc(C(F)(F)F)cc(C(F)(F)F)c4)cc3)ccc2[nH]1. The molecule has 4 aromatic rings. The maximum Gasteiger partial charge on any atom is 0.416 e. The topological polar surface area (TPSA) is 113 Å². The van der Waals surface area contributed by atoms with Crippen LogP contribution < -0.4 is 16.0 Å². The van der Waals surface area contributed by atoms with Crippen molar-refractivity contribution in [2.24, 2.45) is 5.73 Å². The number of carbonyl (C=O) groups excluding carboxylic acids is 2. The highest BCUT2D eigenvalue weighted by Gasteiger charge is 2.38. The number of amides is 3. The van der Waals surface area contributed by atoms with Crippen molar-refractivity contribution in [3.8, 4) is 0 Å². The number of methoxy groups -OCH3 is 1. The quantitative estimate of drug-likeness (QED) is 0.221. The predicted octanol–water partition coefficient (Wildman–Crippen LogP) is 7.15. The summed E-state index contributed by atoms with van der Waals surface area (Å²) in [4.78, 5) is 32.6. The summed E-state index contributed by atoms with van der Waals surface area (Å²) in [5.74, 6) is 0.179. The fourth-order valence-electron chi connectivity index (χ4n) is 3.53. The number of nitrogens with one attached hydrogen (secondary N) is 2. The molecule has 0 bridgehead atoms. The Labute approximate surface area is 220 Å². The molecule has 15 heteroatoms. The van der Waals surface area contributed by atoms with Gasteiger partial charge in [-0.25, -0.2) is 14.6 Å². The number of halogens is 6. The Morgan fingerprint density at radius 1 is 0.897 bits per heavy atom. The molecule has 0 radical (unpaired) electrons. The van der Waals surface area contributed by atoms with Crippen molar-refractivity contribution in [1.82, 2.24) is 9.97 Å². The molecule has 0 aliphatic carbocycles. The first-order valence-electron chi connectivity index (χ1n) is 10.8. The molecule has 1 heterocycles. The average molecular weight is 569 g/mol. The van der Waals surface area contributed by atoms with Crippen LogP contribution in [0.2, 0.25) is 0 Å². The van der Waals surface area contributed by atoms with Crippen LogP contribution in [0.3, 0.4) is 0 Å². The maximum absolute atomic E-state index is 13.3. The van der Waals surface area contributed by atoms with E-state index in [9.17, 15) is 35.9 Å². The second kappa shape index (κ2) is 10.4. The van der Waals surface area contributed by atoms with Gasteiger partial charge in [0.15, 0.2) is 0 Å². The van der Waals surface area contributed by atoms with Crippen LogP contribution in [0.25, 0.3) is 11.0 Å². The highest BCUT2D eigenvalue weighted by Crippen LogP contribution is 2.40. The molecule has 0 saturated heterocycles. The van der Waals surface area contributed by atoms with Crippen LogP contribution in [0.1, 0.15) is 11.1 Å². The lowest BCUT2D eigenvalue weighted by Gasteiger charge is -2.23. The van der Waals surface area contributed by atoms with Crippen molar-refractivity contribution >= 4 is 52.2 Å². The van der Waals surface area contributed by atoms with Crippen LogP contribution in [0.5, 0.6) is 0 Å². The number of alkyl halides is 6. The number of benzene rings is 3. The maximum atomic E-state index is 13.3. The van der Waals surface area contributed by atoms with Crippen molar-refractivity contribution in [3.63, 3.8) is 0 Å². The Morgan fingerprint density at radius 2 is 1.49 bits per heavy atom. The molecule has 0 atom stereocenters. The Balaban J connectivity index is 1.61. The van der Waals surface area contributed by atoms with Crippen LogP contribution >= 0.6 is 11.8 Å². The number of anilines is 3. The Hall–Kier alpha value is -4.40. The molecule has 4 rings (SSSR count). The van der Waals surface area contributed by atoms with E-state index in [1.54, 1.807) is 18.2 Å². The van der Waals surface area contributed by atoms with E-state index in [0.29, 0.717) is 33.0 Å².